The first kappa shape index (κ1) is 16.8. The number of carbonyl (C=O) groups is 1. The van der Waals surface area contributed by atoms with Crippen LogP contribution in [0.25, 0.3) is 0 Å². The lowest BCUT2D eigenvalue weighted by molar-refractivity contribution is -0.131. The third-order valence-electron chi connectivity index (χ3n) is 4.68. The van der Waals surface area contributed by atoms with Gasteiger partial charge in [0.25, 0.3) is 0 Å². The Labute approximate surface area is 129 Å². The second-order valence-corrected chi connectivity index (χ2v) is 6.94. The average molecular weight is 296 g/mol. The van der Waals surface area contributed by atoms with Crippen molar-refractivity contribution in [3.8, 4) is 0 Å². The summed E-state index contributed by atoms with van der Waals surface area (Å²) in [5.74, 6) is 0.810. The van der Waals surface area contributed by atoms with Gasteiger partial charge in [0.05, 0.1) is 24.9 Å². The molecule has 4 heteroatoms. The van der Waals surface area contributed by atoms with Crippen molar-refractivity contribution in [3.63, 3.8) is 0 Å². The SMILES string of the molecule is CCC1NC(CC(C)C)C(=O)N1CCOC1CCCCC1. The number of ether oxygens (including phenoxy) is 1. The molecule has 0 radical (unpaired) electrons. The Balaban J connectivity index is 1.78. The molecule has 2 atom stereocenters. The zero-order chi connectivity index (χ0) is 15.2. The first-order chi connectivity index (χ1) is 10.1. The molecule has 1 saturated heterocycles. The van der Waals surface area contributed by atoms with Crippen LogP contribution in [-0.2, 0) is 9.53 Å². The van der Waals surface area contributed by atoms with Crippen molar-refractivity contribution in [1.29, 1.82) is 0 Å². The third kappa shape index (κ3) is 4.68. The van der Waals surface area contributed by atoms with Gasteiger partial charge in [-0.2, -0.15) is 0 Å². The number of hydrogen-bond donors (Lipinski definition) is 1. The molecule has 2 fully saturated rings. The van der Waals surface area contributed by atoms with E-state index in [2.05, 4.69) is 26.1 Å². The van der Waals surface area contributed by atoms with E-state index < -0.39 is 0 Å². The van der Waals surface area contributed by atoms with Crippen LogP contribution in [-0.4, -0.2) is 42.3 Å². The molecule has 1 amide bonds. The first-order valence-electron chi connectivity index (χ1n) is 8.80. The molecule has 1 heterocycles. The summed E-state index contributed by atoms with van der Waals surface area (Å²) in [5.41, 5.74) is 0. The summed E-state index contributed by atoms with van der Waals surface area (Å²) in [7, 11) is 0. The lowest BCUT2D eigenvalue weighted by Crippen LogP contribution is -2.39. The molecule has 1 aliphatic carbocycles. The lowest BCUT2D eigenvalue weighted by Gasteiger charge is -2.26. The Bertz CT molecular complexity index is 327. The van der Waals surface area contributed by atoms with Crippen LogP contribution in [0.5, 0.6) is 0 Å². The highest BCUT2D eigenvalue weighted by molar-refractivity contribution is 5.84. The first-order valence-corrected chi connectivity index (χ1v) is 8.80. The fourth-order valence-electron chi connectivity index (χ4n) is 3.54. The summed E-state index contributed by atoms with van der Waals surface area (Å²) in [5, 5.41) is 3.48. The van der Waals surface area contributed by atoms with E-state index in [9.17, 15) is 4.79 Å². The Morgan fingerprint density at radius 2 is 2.00 bits per heavy atom. The average Bonchev–Trinajstić information content (AvgIpc) is 2.76. The summed E-state index contributed by atoms with van der Waals surface area (Å²) < 4.78 is 5.98. The summed E-state index contributed by atoms with van der Waals surface area (Å²) in [6.07, 6.45) is 8.83. The predicted molar refractivity (Wildman–Crippen MR) is 85.0 cm³/mol. The van der Waals surface area contributed by atoms with Gasteiger partial charge in [0.1, 0.15) is 0 Å². The van der Waals surface area contributed by atoms with Crippen LogP contribution in [0, 0.1) is 5.92 Å². The molecule has 0 aromatic carbocycles. The number of nitrogens with one attached hydrogen (secondary N) is 1. The minimum atomic E-state index is 0.00429. The molecule has 2 rings (SSSR count). The van der Waals surface area contributed by atoms with E-state index in [0.29, 0.717) is 18.6 Å². The zero-order valence-corrected chi connectivity index (χ0v) is 13.9. The highest BCUT2D eigenvalue weighted by atomic mass is 16.5. The van der Waals surface area contributed by atoms with Crippen molar-refractivity contribution in [1.82, 2.24) is 10.2 Å². The second-order valence-electron chi connectivity index (χ2n) is 6.94. The van der Waals surface area contributed by atoms with E-state index in [4.69, 9.17) is 4.74 Å². The predicted octanol–water partition coefficient (Wildman–Crippen LogP) is 2.92. The summed E-state index contributed by atoms with van der Waals surface area (Å²) in [4.78, 5) is 14.5. The molecule has 1 N–H and O–H groups in total. The van der Waals surface area contributed by atoms with Crippen molar-refractivity contribution < 1.29 is 9.53 Å². The topological polar surface area (TPSA) is 41.6 Å². The molecular weight excluding hydrogens is 264 g/mol. The Morgan fingerprint density at radius 3 is 2.62 bits per heavy atom. The molecule has 0 spiro atoms. The number of rotatable bonds is 7. The zero-order valence-electron chi connectivity index (χ0n) is 13.9. The quantitative estimate of drug-likeness (QED) is 0.785. The van der Waals surface area contributed by atoms with Crippen LogP contribution in [0.15, 0.2) is 0 Å². The smallest absolute Gasteiger partial charge is 0.241 e. The number of amides is 1. The Morgan fingerprint density at radius 1 is 1.29 bits per heavy atom. The van der Waals surface area contributed by atoms with E-state index in [1.54, 1.807) is 0 Å². The van der Waals surface area contributed by atoms with Gasteiger partial charge in [0.15, 0.2) is 0 Å². The summed E-state index contributed by atoms with van der Waals surface area (Å²) in [6.45, 7) is 7.89. The van der Waals surface area contributed by atoms with Gasteiger partial charge in [-0.3, -0.25) is 10.1 Å². The molecule has 4 nitrogen and oxygen atoms in total. The standard InChI is InChI=1S/C17H32N2O2/c1-4-16-18-15(12-13(2)3)17(20)19(16)10-11-21-14-8-6-5-7-9-14/h13-16,18H,4-12H2,1-3H3. The van der Waals surface area contributed by atoms with Crippen LogP contribution in [0.3, 0.4) is 0 Å². The van der Waals surface area contributed by atoms with Gasteiger partial charge in [0, 0.05) is 6.54 Å². The van der Waals surface area contributed by atoms with Gasteiger partial charge in [-0.05, 0) is 31.6 Å². The maximum Gasteiger partial charge on any atom is 0.241 e. The molecule has 0 aromatic heterocycles. The molecule has 0 aromatic rings. The van der Waals surface area contributed by atoms with Crippen LogP contribution < -0.4 is 5.32 Å². The monoisotopic (exact) mass is 296 g/mol. The van der Waals surface area contributed by atoms with Crippen molar-refractivity contribution in [2.45, 2.75) is 84.0 Å². The molecule has 1 saturated carbocycles. The molecule has 1 aliphatic heterocycles. The van der Waals surface area contributed by atoms with Gasteiger partial charge in [-0.1, -0.05) is 40.0 Å². The Hall–Kier alpha value is -0.610. The van der Waals surface area contributed by atoms with E-state index in [1.165, 1.54) is 32.1 Å². The fraction of sp³-hybridized carbons (Fsp3) is 0.941. The highest BCUT2D eigenvalue weighted by Gasteiger charge is 2.37. The van der Waals surface area contributed by atoms with E-state index >= 15 is 0 Å². The normalized spacial score (nSPS) is 27.8. The molecular formula is C17H32N2O2. The van der Waals surface area contributed by atoms with Gasteiger partial charge < -0.3 is 9.64 Å². The minimum Gasteiger partial charge on any atom is -0.376 e. The van der Waals surface area contributed by atoms with E-state index in [-0.39, 0.29) is 18.1 Å². The maximum absolute atomic E-state index is 12.5. The van der Waals surface area contributed by atoms with Crippen molar-refractivity contribution in [3.05, 3.63) is 0 Å². The number of hydrogen-bond acceptors (Lipinski definition) is 3. The summed E-state index contributed by atoms with van der Waals surface area (Å²) >= 11 is 0. The number of carbonyl (C=O) groups excluding carboxylic acids is 1. The Kier molecular flexibility index (Phi) is 6.49. The summed E-state index contributed by atoms with van der Waals surface area (Å²) in [6, 6.07) is 0.00429. The highest BCUT2D eigenvalue weighted by Crippen LogP contribution is 2.21. The van der Waals surface area contributed by atoms with Crippen LogP contribution >= 0.6 is 0 Å². The molecule has 2 unspecified atom stereocenters. The van der Waals surface area contributed by atoms with Crippen molar-refractivity contribution in [2.75, 3.05) is 13.2 Å². The molecule has 21 heavy (non-hydrogen) atoms. The fourth-order valence-corrected chi connectivity index (χ4v) is 3.54. The maximum atomic E-state index is 12.5. The van der Waals surface area contributed by atoms with Gasteiger partial charge in [-0.15, -0.1) is 0 Å². The lowest BCUT2D eigenvalue weighted by atomic mass is 9.98. The van der Waals surface area contributed by atoms with Crippen LogP contribution in [0.4, 0.5) is 0 Å². The van der Waals surface area contributed by atoms with Crippen molar-refractivity contribution in [2.24, 2.45) is 5.92 Å². The third-order valence-corrected chi connectivity index (χ3v) is 4.68. The van der Waals surface area contributed by atoms with Crippen LogP contribution in [0.1, 0.15) is 65.7 Å². The molecule has 0 bridgehead atoms. The van der Waals surface area contributed by atoms with E-state index in [1.807, 2.05) is 4.90 Å². The second kappa shape index (κ2) is 8.14. The van der Waals surface area contributed by atoms with Crippen LogP contribution in [0.2, 0.25) is 0 Å². The number of nitrogens with zero attached hydrogens (tertiary/aromatic N) is 1. The largest absolute Gasteiger partial charge is 0.376 e. The van der Waals surface area contributed by atoms with E-state index in [0.717, 1.165) is 19.4 Å². The minimum absolute atomic E-state index is 0.00429. The van der Waals surface area contributed by atoms with Gasteiger partial charge in [-0.25, -0.2) is 0 Å². The molecule has 2 aliphatic rings. The molecule has 122 valence electrons. The van der Waals surface area contributed by atoms with Crippen molar-refractivity contribution >= 4 is 5.91 Å². The van der Waals surface area contributed by atoms with Gasteiger partial charge >= 0.3 is 0 Å². The van der Waals surface area contributed by atoms with Gasteiger partial charge in [0.2, 0.25) is 5.91 Å².